The molecular weight excluding hydrogens is 260 g/mol. The minimum Gasteiger partial charge on any atom is -0.481 e. The van der Waals surface area contributed by atoms with Gasteiger partial charge < -0.3 is 15.3 Å². The quantitative estimate of drug-likeness (QED) is 0.766. The first-order valence-electron chi connectivity index (χ1n) is 6.80. The summed E-state index contributed by atoms with van der Waals surface area (Å²) in [5.41, 5.74) is 1.07. The lowest BCUT2D eigenvalue weighted by molar-refractivity contribution is -0.137. The summed E-state index contributed by atoms with van der Waals surface area (Å²) in [6.45, 7) is 0.805. The van der Waals surface area contributed by atoms with Crippen molar-refractivity contribution in [1.29, 1.82) is 0 Å². The predicted octanol–water partition coefficient (Wildman–Crippen LogP) is 0.611. The van der Waals surface area contributed by atoms with Gasteiger partial charge in [-0.3, -0.25) is 9.48 Å². The van der Waals surface area contributed by atoms with Gasteiger partial charge in [0.2, 0.25) is 0 Å². The molecule has 0 aromatic carbocycles. The molecule has 1 fully saturated rings. The van der Waals surface area contributed by atoms with E-state index in [1.165, 1.54) is 0 Å². The van der Waals surface area contributed by atoms with E-state index in [-0.39, 0.29) is 25.0 Å². The largest absolute Gasteiger partial charge is 0.481 e. The van der Waals surface area contributed by atoms with Crippen LogP contribution in [0.3, 0.4) is 0 Å². The molecule has 0 atom stereocenters. The normalized spacial score (nSPS) is 14.1. The number of aryl methyl sites for hydroxylation is 1. The van der Waals surface area contributed by atoms with Crippen LogP contribution in [0.1, 0.15) is 24.8 Å². The Labute approximate surface area is 117 Å². The number of urea groups is 1. The number of hydrogen-bond acceptors (Lipinski definition) is 3. The topological polar surface area (TPSA) is 87.5 Å². The molecule has 20 heavy (non-hydrogen) atoms. The molecule has 2 amide bonds. The van der Waals surface area contributed by atoms with Crippen LogP contribution in [0, 0.1) is 0 Å². The van der Waals surface area contributed by atoms with Crippen LogP contribution >= 0.6 is 0 Å². The Balaban J connectivity index is 1.75. The molecule has 7 nitrogen and oxygen atoms in total. The molecule has 1 aliphatic rings. The molecular formula is C13H20N4O3. The third-order valence-electron chi connectivity index (χ3n) is 3.26. The van der Waals surface area contributed by atoms with Crippen molar-refractivity contribution in [2.75, 3.05) is 13.1 Å². The molecule has 0 bridgehead atoms. The van der Waals surface area contributed by atoms with E-state index in [9.17, 15) is 9.59 Å². The molecule has 2 rings (SSSR count). The van der Waals surface area contributed by atoms with E-state index in [0.29, 0.717) is 6.54 Å². The Morgan fingerprint density at radius 3 is 2.85 bits per heavy atom. The van der Waals surface area contributed by atoms with Crippen LogP contribution in [0.2, 0.25) is 0 Å². The monoisotopic (exact) mass is 280 g/mol. The minimum absolute atomic E-state index is 0.00742. The van der Waals surface area contributed by atoms with Crippen molar-refractivity contribution >= 4 is 12.0 Å². The van der Waals surface area contributed by atoms with Gasteiger partial charge in [0.25, 0.3) is 0 Å². The third kappa shape index (κ3) is 4.25. The van der Waals surface area contributed by atoms with Gasteiger partial charge in [-0.25, -0.2) is 4.79 Å². The van der Waals surface area contributed by atoms with Crippen molar-refractivity contribution in [3.05, 3.63) is 18.0 Å². The Hall–Kier alpha value is -2.05. The number of carboxylic acid groups (broad SMARTS) is 1. The molecule has 1 aromatic rings. The molecule has 0 unspecified atom stereocenters. The van der Waals surface area contributed by atoms with Gasteiger partial charge >= 0.3 is 12.0 Å². The van der Waals surface area contributed by atoms with Gasteiger partial charge in [0, 0.05) is 32.4 Å². The van der Waals surface area contributed by atoms with E-state index in [2.05, 4.69) is 10.4 Å². The Morgan fingerprint density at radius 1 is 1.55 bits per heavy atom. The Bertz CT molecular complexity index is 482. The van der Waals surface area contributed by atoms with Gasteiger partial charge in [-0.2, -0.15) is 5.10 Å². The second-order valence-electron chi connectivity index (χ2n) is 5.07. The lowest BCUT2D eigenvalue weighted by Gasteiger charge is -2.22. The molecule has 110 valence electrons. The zero-order valence-electron chi connectivity index (χ0n) is 11.6. The fraction of sp³-hybridized carbons (Fsp3) is 0.615. The van der Waals surface area contributed by atoms with E-state index in [1.807, 2.05) is 13.2 Å². The zero-order chi connectivity index (χ0) is 14.5. The number of carboxylic acids is 1. The van der Waals surface area contributed by atoms with Gasteiger partial charge in [0.1, 0.15) is 0 Å². The highest BCUT2D eigenvalue weighted by Crippen LogP contribution is 2.26. The molecule has 0 aliphatic heterocycles. The molecule has 1 heterocycles. The van der Waals surface area contributed by atoms with Crippen molar-refractivity contribution < 1.29 is 14.7 Å². The van der Waals surface area contributed by atoms with E-state index < -0.39 is 5.97 Å². The molecule has 0 spiro atoms. The standard InChI is InChI=1S/C13H20N4O3/c1-16-9-10(8-15-16)4-6-14-13(20)17(11-2-3-11)7-5-12(18)19/h8-9,11H,2-7H2,1H3,(H,14,20)(H,18,19). The van der Waals surface area contributed by atoms with Gasteiger partial charge in [0.15, 0.2) is 0 Å². The summed E-state index contributed by atoms with van der Waals surface area (Å²) in [4.78, 5) is 24.3. The van der Waals surface area contributed by atoms with Crippen LogP contribution < -0.4 is 5.32 Å². The summed E-state index contributed by atoms with van der Waals surface area (Å²) in [5, 5.41) is 15.6. The second kappa shape index (κ2) is 6.40. The molecule has 7 heteroatoms. The first-order chi connectivity index (χ1) is 9.56. The maximum atomic E-state index is 12.0. The van der Waals surface area contributed by atoms with E-state index >= 15 is 0 Å². The van der Waals surface area contributed by atoms with E-state index in [1.54, 1.807) is 15.8 Å². The van der Waals surface area contributed by atoms with Crippen LogP contribution in [0.25, 0.3) is 0 Å². The van der Waals surface area contributed by atoms with Crippen LogP contribution in [-0.4, -0.2) is 50.9 Å². The summed E-state index contributed by atoms with van der Waals surface area (Å²) in [5.74, 6) is -0.876. The van der Waals surface area contributed by atoms with Gasteiger partial charge in [-0.15, -0.1) is 0 Å². The van der Waals surface area contributed by atoms with Gasteiger partial charge in [-0.1, -0.05) is 0 Å². The number of aliphatic carboxylic acids is 1. The first-order valence-corrected chi connectivity index (χ1v) is 6.80. The molecule has 0 saturated heterocycles. The number of nitrogens with zero attached hydrogens (tertiary/aromatic N) is 3. The smallest absolute Gasteiger partial charge is 0.317 e. The molecule has 1 saturated carbocycles. The van der Waals surface area contributed by atoms with Crippen LogP contribution in [-0.2, 0) is 18.3 Å². The predicted molar refractivity (Wildman–Crippen MR) is 72.3 cm³/mol. The summed E-state index contributed by atoms with van der Waals surface area (Å²) in [6.07, 6.45) is 6.33. The summed E-state index contributed by atoms with van der Waals surface area (Å²) >= 11 is 0. The van der Waals surface area contributed by atoms with Crippen LogP contribution in [0.5, 0.6) is 0 Å². The van der Waals surface area contributed by atoms with E-state index in [4.69, 9.17) is 5.11 Å². The number of hydrogen-bond donors (Lipinski definition) is 2. The third-order valence-corrected chi connectivity index (χ3v) is 3.26. The average Bonchev–Trinajstić information content (AvgIpc) is 3.13. The van der Waals surface area contributed by atoms with Crippen molar-refractivity contribution in [1.82, 2.24) is 20.0 Å². The maximum absolute atomic E-state index is 12.0. The minimum atomic E-state index is -0.876. The van der Waals surface area contributed by atoms with Crippen molar-refractivity contribution in [2.45, 2.75) is 31.7 Å². The summed E-state index contributed by atoms with van der Waals surface area (Å²) < 4.78 is 1.72. The Morgan fingerprint density at radius 2 is 2.30 bits per heavy atom. The van der Waals surface area contributed by atoms with Crippen LogP contribution in [0.4, 0.5) is 4.79 Å². The number of carbonyl (C=O) groups is 2. The van der Waals surface area contributed by atoms with Crippen LogP contribution in [0.15, 0.2) is 12.4 Å². The summed E-state index contributed by atoms with van der Waals surface area (Å²) in [6, 6.07) is 0.0467. The van der Waals surface area contributed by atoms with Crippen molar-refractivity contribution in [3.8, 4) is 0 Å². The molecule has 2 N–H and O–H groups in total. The highest BCUT2D eigenvalue weighted by Gasteiger charge is 2.32. The number of aromatic nitrogens is 2. The highest BCUT2D eigenvalue weighted by atomic mass is 16.4. The molecule has 1 aromatic heterocycles. The lowest BCUT2D eigenvalue weighted by atomic mass is 10.2. The number of nitrogens with one attached hydrogen (secondary N) is 1. The Kier molecular flexibility index (Phi) is 4.60. The van der Waals surface area contributed by atoms with Crippen molar-refractivity contribution in [2.24, 2.45) is 7.05 Å². The molecule has 0 radical (unpaired) electrons. The van der Waals surface area contributed by atoms with E-state index in [0.717, 1.165) is 24.8 Å². The van der Waals surface area contributed by atoms with Gasteiger partial charge in [-0.05, 0) is 24.8 Å². The maximum Gasteiger partial charge on any atom is 0.317 e. The summed E-state index contributed by atoms with van der Waals surface area (Å²) in [7, 11) is 1.85. The zero-order valence-corrected chi connectivity index (χ0v) is 11.6. The fourth-order valence-electron chi connectivity index (χ4n) is 2.07. The average molecular weight is 280 g/mol. The molecule has 1 aliphatic carbocycles. The fourth-order valence-corrected chi connectivity index (χ4v) is 2.07. The second-order valence-corrected chi connectivity index (χ2v) is 5.07. The number of rotatable bonds is 7. The highest BCUT2D eigenvalue weighted by molar-refractivity contribution is 5.76. The number of amides is 2. The lowest BCUT2D eigenvalue weighted by Crippen LogP contribution is -2.43. The number of carbonyl (C=O) groups excluding carboxylic acids is 1. The SMILES string of the molecule is Cn1cc(CCNC(=O)N(CCC(=O)O)C2CC2)cn1. The van der Waals surface area contributed by atoms with Gasteiger partial charge in [0.05, 0.1) is 12.6 Å². The first kappa shape index (κ1) is 14.4. The van der Waals surface area contributed by atoms with Crippen molar-refractivity contribution in [3.63, 3.8) is 0 Å².